The van der Waals surface area contributed by atoms with Gasteiger partial charge in [0, 0.05) is 18.0 Å². The molecule has 1 unspecified atom stereocenters. The maximum Gasteiger partial charge on any atom is 0.389 e. The summed E-state index contributed by atoms with van der Waals surface area (Å²) in [4.78, 5) is 0. The topological polar surface area (TPSA) is 4.93 Å². The fourth-order valence-corrected chi connectivity index (χ4v) is 4.20. The zero-order valence-corrected chi connectivity index (χ0v) is 16.8. The molecule has 28 heavy (non-hydrogen) atoms. The van der Waals surface area contributed by atoms with Gasteiger partial charge in [0.15, 0.2) is 0 Å². The van der Waals surface area contributed by atoms with Crippen LogP contribution in [0.3, 0.4) is 0 Å². The molecule has 0 aliphatic heterocycles. The number of allylic oxidation sites excluding steroid dienone is 5. The SMILES string of the molecule is C=C/C=C(\C=C/C)c1c(C(CC2CC2)CC(F)(F)F)c2ccc(C)cc2n1C. The lowest BCUT2D eigenvalue weighted by molar-refractivity contribution is -0.139. The number of nitrogens with zero attached hydrogens (tertiary/aromatic N) is 1. The van der Waals surface area contributed by atoms with E-state index in [1.807, 2.05) is 55.8 Å². The van der Waals surface area contributed by atoms with Crippen molar-refractivity contribution in [2.45, 2.75) is 51.6 Å². The fourth-order valence-electron chi connectivity index (χ4n) is 4.20. The monoisotopic (exact) mass is 387 g/mol. The number of halogens is 3. The molecule has 0 spiro atoms. The van der Waals surface area contributed by atoms with Gasteiger partial charge < -0.3 is 4.57 Å². The highest BCUT2D eigenvalue weighted by atomic mass is 19.4. The summed E-state index contributed by atoms with van der Waals surface area (Å²) in [7, 11) is 1.95. The van der Waals surface area contributed by atoms with Crippen molar-refractivity contribution in [3.8, 4) is 0 Å². The molecule has 1 aliphatic carbocycles. The van der Waals surface area contributed by atoms with Crippen LogP contribution in [0.2, 0.25) is 0 Å². The highest BCUT2D eigenvalue weighted by Gasteiger charge is 2.38. The van der Waals surface area contributed by atoms with Crippen LogP contribution in [0.1, 0.15) is 55.3 Å². The molecule has 0 bridgehead atoms. The van der Waals surface area contributed by atoms with Crippen molar-refractivity contribution in [1.29, 1.82) is 0 Å². The second kappa shape index (κ2) is 8.02. The molecular weight excluding hydrogens is 359 g/mol. The lowest BCUT2D eigenvalue weighted by Gasteiger charge is -2.21. The molecule has 0 saturated heterocycles. The van der Waals surface area contributed by atoms with Crippen molar-refractivity contribution in [1.82, 2.24) is 4.57 Å². The Bertz CT molecular complexity index is 923. The van der Waals surface area contributed by atoms with Gasteiger partial charge in [0.05, 0.1) is 12.1 Å². The zero-order chi connectivity index (χ0) is 20.5. The van der Waals surface area contributed by atoms with Crippen molar-refractivity contribution < 1.29 is 13.2 Å². The lowest BCUT2D eigenvalue weighted by Crippen LogP contribution is -2.16. The van der Waals surface area contributed by atoms with Crippen molar-refractivity contribution in [3.05, 3.63) is 65.9 Å². The molecule has 0 amide bonds. The van der Waals surface area contributed by atoms with E-state index in [0.29, 0.717) is 12.3 Å². The summed E-state index contributed by atoms with van der Waals surface area (Å²) >= 11 is 0. The van der Waals surface area contributed by atoms with Crippen molar-refractivity contribution in [2.24, 2.45) is 13.0 Å². The van der Waals surface area contributed by atoms with E-state index in [-0.39, 0.29) is 0 Å². The van der Waals surface area contributed by atoms with Crippen molar-refractivity contribution in [3.63, 3.8) is 0 Å². The van der Waals surface area contributed by atoms with Crippen LogP contribution < -0.4 is 0 Å². The molecule has 150 valence electrons. The number of aromatic nitrogens is 1. The highest BCUT2D eigenvalue weighted by Crippen LogP contribution is 2.47. The van der Waals surface area contributed by atoms with Gasteiger partial charge >= 0.3 is 6.18 Å². The Morgan fingerprint density at radius 3 is 2.61 bits per heavy atom. The standard InChI is InChI=1S/C24H28F3N/c1-5-7-18(8-6-2)23-22(19(14-17-10-11-17)15-24(25,26)27)20-12-9-16(3)13-21(20)28(23)4/h5-9,12-13,17,19H,1,10-11,14-15H2,2-4H3/b8-6-,18-7+. The molecule has 1 atom stereocenters. The predicted octanol–water partition coefficient (Wildman–Crippen LogP) is 7.47. The summed E-state index contributed by atoms with van der Waals surface area (Å²) in [5.74, 6) is -0.123. The predicted molar refractivity (Wildman–Crippen MR) is 111 cm³/mol. The average Bonchev–Trinajstić information content (AvgIpc) is 3.37. The maximum absolute atomic E-state index is 13.5. The molecule has 1 heterocycles. The van der Waals surface area contributed by atoms with Gasteiger partial charge in [0.1, 0.15) is 0 Å². The van der Waals surface area contributed by atoms with Crippen LogP contribution in [-0.4, -0.2) is 10.7 Å². The Morgan fingerprint density at radius 2 is 2.04 bits per heavy atom. The first-order chi connectivity index (χ1) is 13.2. The first kappa shape index (κ1) is 20.5. The summed E-state index contributed by atoms with van der Waals surface area (Å²) in [6.45, 7) is 7.73. The average molecular weight is 387 g/mol. The second-order valence-electron chi connectivity index (χ2n) is 7.89. The number of benzene rings is 1. The molecule has 0 radical (unpaired) electrons. The van der Waals surface area contributed by atoms with Gasteiger partial charge in [-0.25, -0.2) is 0 Å². The molecule has 2 aromatic rings. The van der Waals surface area contributed by atoms with Gasteiger partial charge in [0.25, 0.3) is 0 Å². The number of fused-ring (bicyclic) bond motifs is 1. The third-order valence-corrected chi connectivity index (χ3v) is 5.51. The molecule has 1 aromatic heterocycles. The number of hydrogen-bond acceptors (Lipinski definition) is 0. The summed E-state index contributed by atoms with van der Waals surface area (Å²) in [6.07, 6.45) is 5.16. The zero-order valence-electron chi connectivity index (χ0n) is 16.8. The molecule has 1 fully saturated rings. The Kier molecular flexibility index (Phi) is 5.87. The Labute approximate surface area is 165 Å². The van der Waals surface area contributed by atoms with E-state index in [1.54, 1.807) is 6.08 Å². The van der Waals surface area contributed by atoms with Crippen LogP contribution in [0.5, 0.6) is 0 Å². The van der Waals surface area contributed by atoms with E-state index in [4.69, 9.17) is 0 Å². The molecular formula is C24H28F3N. The number of hydrogen-bond donors (Lipinski definition) is 0. The van der Waals surface area contributed by atoms with Gasteiger partial charge in [-0.05, 0) is 54.9 Å². The summed E-state index contributed by atoms with van der Waals surface area (Å²) in [5, 5.41) is 0.928. The van der Waals surface area contributed by atoms with E-state index < -0.39 is 18.5 Å². The van der Waals surface area contributed by atoms with E-state index in [1.165, 1.54) is 0 Å². The summed E-state index contributed by atoms with van der Waals surface area (Å²) < 4.78 is 42.6. The number of rotatable bonds is 7. The minimum Gasteiger partial charge on any atom is -0.343 e. The second-order valence-corrected chi connectivity index (χ2v) is 7.89. The normalized spacial score (nSPS) is 16.9. The van der Waals surface area contributed by atoms with Crippen LogP contribution >= 0.6 is 0 Å². The Hall–Kier alpha value is -2.23. The maximum atomic E-state index is 13.5. The summed E-state index contributed by atoms with van der Waals surface area (Å²) in [5.41, 5.74) is 4.67. The molecule has 3 rings (SSSR count). The molecule has 1 nitrogen and oxygen atoms in total. The number of aryl methyl sites for hydroxylation is 2. The van der Waals surface area contributed by atoms with E-state index in [9.17, 15) is 13.2 Å². The van der Waals surface area contributed by atoms with Gasteiger partial charge in [-0.2, -0.15) is 13.2 Å². The fraction of sp³-hybridized carbons (Fsp3) is 0.417. The third kappa shape index (κ3) is 4.43. The van der Waals surface area contributed by atoms with Gasteiger partial charge in [-0.15, -0.1) is 0 Å². The Balaban J connectivity index is 2.29. The van der Waals surface area contributed by atoms with Gasteiger partial charge in [-0.3, -0.25) is 0 Å². The van der Waals surface area contributed by atoms with Crippen LogP contribution in [0.25, 0.3) is 16.5 Å². The minimum absolute atomic E-state index is 0.412. The van der Waals surface area contributed by atoms with Crippen LogP contribution in [0.15, 0.2) is 49.1 Å². The van der Waals surface area contributed by atoms with E-state index in [2.05, 4.69) is 12.6 Å². The number of alkyl halides is 3. The molecule has 1 aromatic carbocycles. The van der Waals surface area contributed by atoms with Crippen LogP contribution in [0, 0.1) is 12.8 Å². The first-order valence-corrected chi connectivity index (χ1v) is 9.86. The largest absolute Gasteiger partial charge is 0.389 e. The van der Waals surface area contributed by atoms with Gasteiger partial charge in [-0.1, -0.05) is 55.9 Å². The first-order valence-electron chi connectivity index (χ1n) is 9.86. The molecule has 0 N–H and O–H groups in total. The highest BCUT2D eigenvalue weighted by molar-refractivity contribution is 5.93. The van der Waals surface area contributed by atoms with Crippen LogP contribution in [0.4, 0.5) is 13.2 Å². The lowest BCUT2D eigenvalue weighted by atomic mass is 9.86. The smallest absolute Gasteiger partial charge is 0.343 e. The molecule has 1 saturated carbocycles. The van der Waals surface area contributed by atoms with Gasteiger partial charge in [0.2, 0.25) is 0 Å². The minimum atomic E-state index is -4.19. The quantitative estimate of drug-likeness (QED) is 0.434. The molecule has 4 heteroatoms. The van der Waals surface area contributed by atoms with Crippen LogP contribution in [-0.2, 0) is 7.05 Å². The summed E-state index contributed by atoms with van der Waals surface area (Å²) in [6, 6.07) is 6.04. The van der Waals surface area contributed by atoms with E-state index in [0.717, 1.165) is 46.1 Å². The third-order valence-electron chi connectivity index (χ3n) is 5.51. The van der Waals surface area contributed by atoms with Crippen molar-refractivity contribution in [2.75, 3.05) is 0 Å². The molecule has 1 aliphatic rings. The Morgan fingerprint density at radius 1 is 1.32 bits per heavy atom. The van der Waals surface area contributed by atoms with Crippen molar-refractivity contribution >= 4 is 16.5 Å². The van der Waals surface area contributed by atoms with E-state index >= 15 is 0 Å².